The molecule has 3 aromatic heterocycles. The number of hydrogen-bond acceptors (Lipinski definition) is 4. The molecule has 0 aliphatic carbocycles. The predicted octanol–water partition coefficient (Wildman–Crippen LogP) is 2.84. The Labute approximate surface area is 134 Å². The van der Waals surface area contributed by atoms with Gasteiger partial charge in [0.05, 0.1) is 16.5 Å². The molecule has 0 aromatic carbocycles. The molecular formula is C17H21N5O. The van der Waals surface area contributed by atoms with Gasteiger partial charge in [0.25, 0.3) is 5.91 Å². The Bertz CT molecular complexity index is 866. The molecule has 1 amide bonds. The van der Waals surface area contributed by atoms with Crippen molar-refractivity contribution in [3.63, 3.8) is 0 Å². The lowest BCUT2D eigenvalue weighted by molar-refractivity contribution is 0.0946. The molecule has 0 saturated heterocycles. The maximum atomic E-state index is 12.8. The second-order valence-electron chi connectivity index (χ2n) is 6.18. The van der Waals surface area contributed by atoms with Crippen molar-refractivity contribution < 1.29 is 4.79 Å². The van der Waals surface area contributed by atoms with Crippen LogP contribution in [0.3, 0.4) is 0 Å². The Morgan fingerprint density at radius 2 is 1.91 bits per heavy atom. The SMILES string of the molecule is CC(C)NC(=O)c1c2c(NC(C)C)ncnc2n2ccccc12. The topological polar surface area (TPSA) is 71.3 Å². The van der Waals surface area contributed by atoms with E-state index in [0.29, 0.717) is 11.4 Å². The van der Waals surface area contributed by atoms with Gasteiger partial charge in [-0.15, -0.1) is 0 Å². The van der Waals surface area contributed by atoms with Crippen LogP contribution in [0.4, 0.5) is 5.82 Å². The van der Waals surface area contributed by atoms with Crippen molar-refractivity contribution in [2.75, 3.05) is 5.32 Å². The molecule has 0 spiro atoms. The number of nitrogens with zero attached hydrogens (tertiary/aromatic N) is 3. The van der Waals surface area contributed by atoms with Gasteiger partial charge in [0.1, 0.15) is 12.1 Å². The second kappa shape index (κ2) is 5.87. The Morgan fingerprint density at radius 3 is 2.61 bits per heavy atom. The first kappa shape index (κ1) is 15.3. The number of anilines is 1. The smallest absolute Gasteiger partial charge is 0.254 e. The molecule has 2 N–H and O–H groups in total. The van der Waals surface area contributed by atoms with Gasteiger partial charge in [0.15, 0.2) is 5.65 Å². The average Bonchev–Trinajstić information content (AvgIpc) is 2.82. The molecule has 6 nitrogen and oxygen atoms in total. The summed E-state index contributed by atoms with van der Waals surface area (Å²) in [4.78, 5) is 21.5. The fraction of sp³-hybridized carbons (Fsp3) is 0.353. The van der Waals surface area contributed by atoms with Crippen molar-refractivity contribution >= 4 is 28.3 Å². The summed E-state index contributed by atoms with van der Waals surface area (Å²) in [5.41, 5.74) is 2.17. The Morgan fingerprint density at radius 1 is 1.13 bits per heavy atom. The van der Waals surface area contributed by atoms with Gasteiger partial charge in [-0.1, -0.05) is 6.07 Å². The van der Waals surface area contributed by atoms with Gasteiger partial charge in [0.2, 0.25) is 0 Å². The second-order valence-corrected chi connectivity index (χ2v) is 6.18. The first-order chi connectivity index (χ1) is 11.0. The molecule has 3 rings (SSSR count). The largest absolute Gasteiger partial charge is 0.367 e. The average molecular weight is 311 g/mol. The molecule has 23 heavy (non-hydrogen) atoms. The molecule has 0 bridgehead atoms. The minimum atomic E-state index is -0.111. The van der Waals surface area contributed by atoms with Crippen LogP contribution >= 0.6 is 0 Å². The molecule has 0 saturated carbocycles. The van der Waals surface area contributed by atoms with Gasteiger partial charge < -0.3 is 15.0 Å². The Hall–Kier alpha value is -2.63. The number of carbonyl (C=O) groups excluding carboxylic acids is 1. The van der Waals surface area contributed by atoms with Crippen LogP contribution in [-0.2, 0) is 0 Å². The molecule has 0 radical (unpaired) electrons. The Kier molecular flexibility index (Phi) is 3.90. The minimum absolute atomic E-state index is 0.0577. The van der Waals surface area contributed by atoms with E-state index in [1.165, 1.54) is 6.33 Å². The van der Waals surface area contributed by atoms with E-state index in [-0.39, 0.29) is 18.0 Å². The number of carbonyl (C=O) groups is 1. The highest BCUT2D eigenvalue weighted by molar-refractivity contribution is 6.16. The van der Waals surface area contributed by atoms with Gasteiger partial charge >= 0.3 is 0 Å². The molecule has 3 aromatic rings. The van der Waals surface area contributed by atoms with Crippen molar-refractivity contribution in [2.45, 2.75) is 39.8 Å². The molecule has 0 aliphatic heterocycles. The van der Waals surface area contributed by atoms with E-state index in [1.54, 1.807) is 0 Å². The number of pyridine rings is 1. The highest BCUT2D eigenvalue weighted by atomic mass is 16.1. The Balaban J connectivity index is 2.34. The first-order valence-electron chi connectivity index (χ1n) is 7.80. The van der Waals surface area contributed by atoms with Crippen LogP contribution in [0.15, 0.2) is 30.7 Å². The van der Waals surface area contributed by atoms with Crippen LogP contribution in [0.5, 0.6) is 0 Å². The summed E-state index contributed by atoms with van der Waals surface area (Å²) in [6.45, 7) is 7.97. The lowest BCUT2D eigenvalue weighted by atomic mass is 10.1. The van der Waals surface area contributed by atoms with E-state index >= 15 is 0 Å². The number of nitrogens with one attached hydrogen (secondary N) is 2. The maximum absolute atomic E-state index is 12.8. The summed E-state index contributed by atoms with van der Waals surface area (Å²) in [6.07, 6.45) is 3.44. The molecule has 0 atom stereocenters. The third kappa shape index (κ3) is 2.72. The van der Waals surface area contributed by atoms with Crippen LogP contribution in [0.25, 0.3) is 16.6 Å². The molecule has 3 heterocycles. The van der Waals surface area contributed by atoms with Gasteiger partial charge in [-0.2, -0.15) is 0 Å². The molecule has 120 valence electrons. The van der Waals surface area contributed by atoms with Gasteiger partial charge in [-0.05, 0) is 39.8 Å². The molecule has 0 unspecified atom stereocenters. The highest BCUT2D eigenvalue weighted by Crippen LogP contribution is 2.30. The van der Waals surface area contributed by atoms with Crippen molar-refractivity contribution in [2.24, 2.45) is 0 Å². The summed E-state index contributed by atoms with van der Waals surface area (Å²) >= 11 is 0. The van der Waals surface area contributed by atoms with Crippen molar-refractivity contribution in [1.29, 1.82) is 0 Å². The maximum Gasteiger partial charge on any atom is 0.254 e. The van der Waals surface area contributed by atoms with Gasteiger partial charge in [0, 0.05) is 18.3 Å². The molecular weight excluding hydrogens is 290 g/mol. The standard InChI is InChI=1S/C17H21N5O/c1-10(2)20-15-14-13(17(23)21-11(3)4)12-7-5-6-8-22(12)16(14)19-9-18-15/h5-11H,1-4H3,(H,21,23)(H,18,19,20). The van der Waals surface area contributed by atoms with E-state index in [4.69, 9.17) is 0 Å². The van der Waals surface area contributed by atoms with Crippen LogP contribution in [0.1, 0.15) is 38.1 Å². The summed E-state index contributed by atoms with van der Waals surface area (Å²) in [5, 5.41) is 7.04. The summed E-state index contributed by atoms with van der Waals surface area (Å²) in [5.74, 6) is 0.572. The predicted molar refractivity (Wildman–Crippen MR) is 91.9 cm³/mol. The van der Waals surface area contributed by atoms with Crippen LogP contribution < -0.4 is 10.6 Å². The third-order valence-electron chi connectivity index (χ3n) is 3.49. The third-order valence-corrected chi connectivity index (χ3v) is 3.49. The summed E-state index contributed by atoms with van der Waals surface area (Å²) < 4.78 is 1.93. The summed E-state index contributed by atoms with van der Waals surface area (Å²) in [6, 6.07) is 6.03. The normalized spacial score (nSPS) is 11.6. The zero-order valence-corrected chi connectivity index (χ0v) is 13.8. The van der Waals surface area contributed by atoms with Crippen LogP contribution in [-0.4, -0.2) is 32.4 Å². The van der Waals surface area contributed by atoms with Crippen molar-refractivity contribution in [1.82, 2.24) is 19.7 Å². The van der Waals surface area contributed by atoms with E-state index in [1.807, 2.05) is 56.5 Å². The fourth-order valence-electron chi connectivity index (χ4n) is 2.70. The monoisotopic (exact) mass is 311 g/mol. The van der Waals surface area contributed by atoms with Crippen LogP contribution in [0.2, 0.25) is 0 Å². The van der Waals surface area contributed by atoms with Gasteiger partial charge in [-0.3, -0.25) is 4.79 Å². The fourth-order valence-corrected chi connectivity index (χ4v) is 2.70. The first-order valence-corrected chi connectivity index (χ1v) is 7.80. The molecule has 0 aliphatic rings. The number of aromatic nitrogens is 3. The minimum Gasteiger partial charge on any atom is -0.367 e. The van der Waals surface area contributed by atoms with E-state index < -0.39 is 0 Å². The lowest BCUT2D eigenvalue weighted by Gasteiger charge is -2.12. The zero-order chi connectivity index (χ0) is 16.6. The quantitative estimate of drug-likeness (QED) is 0.777. The summed E-state index contributed by atoms with van der Waals surface area (Å²) in [7, 11) is 0. The zero-order valence-electron chi connectivity index (χ0n) is 13.8. The number of rotatable bonds is 4. The van der Waals surface area contributed by atoms with Crippen LogP contribution in [0, 0.1) is 0 Å². The van der Waals surface area contributed by atoms with E-state index in [0.717, 1.165) is 16.6 Å². The van der Waals surface area contributed by atoms with E-state index in [2.05, 4.69) is 20.6 Å². The van der Waals surface area contributed by atoms with Gasteiger partial charge in [-0.25, -0.2) is 9.97 Å². The number of amides is 1. The number of fused-ring (bicyclic) bond motifs is 3. The molecule has 6 heteroatoms. The van der Waals surface area contributed by atoms with E-state index in [9.17, 15) is 4.79 Å². The highest BCUT2D eigenvalue weighted by Gasteiger charge is 2.22. The van der Waals surface area contributed by atoms with Crippen molar-refractivity contribution in [3.8, 4) is 0 Å². The molecule has 0 fully saturated rings. The lowest BCUT2D eigenvalue weighted by Crippen LogP contribution is -2.30. The number of hydrogen-bond donors (Lipinski definition) is 2. The van der Waals surface area contributed by atoms with Crippen molar-refractivity contribution in [3.05, 3.63) is 36.3 Å².